The summed E-state index contributed by atoms with van der Waals surface area (Å²) in [4.78, 5) is 7.55. The van der Waals surface area contributed by atoms with E-state index in [-0.39, 0.29) is 18.4 Å². The monoisotopic (exact) mass is 211 g/mol. The molecule has 0 aliphatic heterocycles. The van der Waals surface area contributed by atoms with Crippen LogP contribution in [0.25, 0.3) is 11.0 Å². The lowest BCUT2D eigenvalue weighted by Crippen LogP contribution is -2.10. The van der Waals surface area contributed by atoms with E-state index in [1.54, 1.807) is 0 Å². The molecular formula is C10H14ClN3. The van der Waals surface area contributed by atoms with Crippen LogP contribution in [-0.4, -0.2) is 9.97 Å². The standard InChI is InChI=1S/C10H13N3.ClH/c1-2-7(11)8-3-4-9-10(13-8)5-6-12-9;/h3-7,12H,2,11H2,1H3;1H/t7-;/m0./s1. The van der Waals surface area contributed by atoms with Crippen LogP contribution in [-0.2, 0) is 0 Å². The number of nitrogens with two attached hydrogens (primary N) is 1. The molecule has 0 aromatic carbocycles. The maximum Gasteiger partial charge on any atom is 0.0882 e. The molecule has 3 N–H and O–H groups in total. The highest BCUT2D eigenvalue weighted by atomic mass is 35.5. The number of nitrogens with one attached hydrogen (secondary N) is 1. The Hall–Kier alpha value is -1.06. The molecular weight excluding hydrogens is 198 g/mol. The van der Waals surface area contributed by atoms with Crippen molar-refractivity contribution in [3.8, 4) is 0 Å². The number of fused-ring (bicyclic) bond motifs is 1. The van der Waals surface area contributed by atoms with Crippen molar-refractivity contribution in [2.24, 2.45) is 5.73 Å². The van der Waals surface area contributed by atoms with Gasteiger partial charge in [0.15, 0.2) is 0 Å². The molecule has 0 amide bonds. The summed E-state index contributed by atoms with van der Waals surface area (Å²) in [6, 6.07) is 6.01. The third kappa shape index (κ3) is 1.89. The molecule has 0 saturated carbocycles. The second kappa shape index (κ2) is 4.44. The average Bonchev–Trinajstić information content (AvgIpc) is 2.63. The lowest BCUT2D eigenvalue weighted by atomic mass is 10.1. The summed E-state index contributed by atoms with van der Waals surface area (Å²) in [5, 5.41) is 0. The molecule has 0 radical (unpaired) electrons. The molecule has 4 heteroatoms. The van der Waals surface area contributed by atoms with Gasteiger partial charge in [0.2, 0.25) is 0 Å². The highest BCUT2D eigenvalue weighted by molar-refractivity contribution is 5.85. The first-order chi connectivity index (χ1) is 6.31. The minimum Gasteiger partial charge on any atom is -0.360 e. The number of hydrogen-bond donors (Lipinski definition) is 2. The Morgan fingerprint density at radius 3 is 2.93 bits per heavy atom. The summed E-state index contributed by atoms with van der Waals surface area (Å²) in [6.45, 7) is 2.06. The zero-order valence-corrected chi connectivity index (χ0v) is 8.84. The minimum absolute atomic E-state index is 0. The SMILES string of the molecule is CC[C@H](N)c1ccc2[nH]ccc2n1.Cl. The van der Waals surface area contributed by atoms with Gasteiger partial charge in [0.1, 0.15) is 0 Å². The maximum absolute atomic E-state index is 5.88. The van der Waals surface area contributed by atoms with Crippen molar-refractivity contribution >= 4 is 23.4 Å². The fraction of sp³-hybridized carbons (Fsp3) is 0.300. The van der Waals surface area contributed by atoms with Gasteiger partial charge in [-0.05, 0) is 24.6 Å². The van der Waals surface area contributed by atoms with Crippen molar-refractivity contribution < 1.29 is 0 Å². The van der Waals surface area contributed by atoms with E-state index in [4.69, 9.17) is 5.73 Å². The molecule has 0 saturated heterocycles. The summed E-state index contributed by atoms with van der Waals surface area (Å²) < 4.78 is 0. The van der Waals surface area contributed by atoms with Crippen molar-refractivity contribution in [3.63, 3.8) is 0 Å². The van der Waals surface area contributed by atoms with Gasteiger partial charge in [0.05, 0.1) is 16.7 Å². The van der Waals surface area contributed by atoms with Crippen molar-refractivity contribution in [2.75, 3.05) is 0 Å². The zero-order chi connectivity index (χ0) is 9.26. The third-order valence-electron chi connectivity index (χ3n) is 2.25. The molecule has 14 heavy (non-hydrogen) atoms. The lowest BCUT2D eigenvalue weighted by molar-refractivity contribution is 0.679. The molecule has 0 fully saturated rings. The van der Waals surface area contributed by atoms with Crippen molar-refractivity contribution in [1.29, 1.82) is 0 Å². The minimum atomic E-state index is 0. The van der Waals surface area contributed by atoms with Gasteiger partial charge in [-0.25, -0.2) is 4.98 Å². The summed E-state index contributed by atoms with van der Waals surface area (Å²) in [7, 11) is 0. The van der Waals surface area contributed by atoms with Crippen molar-refractivity contribution in [3.05, 3.63) is 30.1 Å². The predicted octanol–water partition coefficient (Wildman–Crippen LogP) is 2.39. The predicted molar refractivity (Wildman–Crippen MR) is 60.6 cm³/mol. The Morgan fingerprint density at radius 1 is 1.43 bits per heavy atom. The first-order valence-corrected chi connectivity index (χ1v) is 4.51. The lowest BCUT2D eigenvalue weighted by Gasteiger charge is -2.07. The Balaban J connectivity index is 0.000000980. The number of rotatable bonds is 2. The molecule has 0 aliphatic rings. The molecule has 2 aromatic rings. The van der Waals surface area contributed by atoms with E-state index in [1.807, 2.05) is 24.4 Å². The molecule has 1 atom stereocenters. The summed E-state index contributed by atoms with van der Waals surface area (Å²) >= 11 is 0. The first kappa shape index (κ1) is 11.0. The molecule has 0 spiro atoms. The number of pyridine rings is 1. The molecule has 2 rings (SSSR count). The van der Waals surface area contributed by atoms with Crippen LogP contribution in [0.4, 0.5) is 0 Å². The van der Waals surface area contributed by atoms with Gasteiger partial charge in [-0.15, -0.1) is 12.4 Å². The van der Waals surface area contributed by atoms with E-state index in [0.29, 0.717) is 0 Å². The quantitative estimate of drug-likeness (QED) is 0.802. The van der Waals surface area contributed by atoms with Crippen LogP contribution >= 0.6 is 12.4 Å². The Morgan fingerprint density at radius 2 is 2.21 bits per heavy atom. The Kier molecular flexibility index (Phi) is 3.49. The van der Waals surface area contributed by atoms with Crippen LogP contribution in [0.3, 0.4) is 0 Å². The van der Waals surface area contributed by atoms with E-state index >= 15 is 0 Å². The third-order valence-corrected chi connectivity index (χ3v) is 2.25. The van der Waals surface area contributed by atoms with Gasteiger partial charge in [-0.3, -0.25) is 0 Å². The second-order valence-corrected chi connectivity index (χ2v) is 3.16. The van der Waals surface area contributed by atoms with E-state index in [1.165, 1.54) is 0 Å². The van der Waals surface area contributed by atoms with Crippen molar-refractivity contribution in [2.45, 2.75) is 19.4 Å². The van der Waals surface area contributed by atoms with Gasteiger partial charge in [-0.2, -0.15) is 0 Å². The molecule has 0 bridgehead atoms. The number of hydrogen-bond acceptors (Lipinski definition) is 2. The van der Waals surface area contributed by atoms with Crippen LogP contribution < -0.4 is 5.73 Å². The van der Waals surface area contributed by atoms with Gasteiger partial charge in [0, 0.05) is 12.2 Å². The largest absolute Gasteiger partial charge is 0.360 e. The van der Waals surface area contributed by atoms with E-state index < -0.39 is 0 Å². The average molecular weight is 212 g/mol. The smallest absolute Gasteiger partial charge is 0.0882 e. The van der Waals surface area contributed by atoms with Crippen LogP contribution in [0, 0.1) is 0 Å². The normalized spacial score (nSPS) is 12.4. The number of nitrogens with zero attached hydrogens (tertiary/aromatic N) is 1. The molecule has 0 aliphatic carbocycles. The number of halogens is 1. The van der Waals surface area contributed by atoms with E-state index in [2.05, 4.69) is 16.9 Å². The Labute approximate surface area is 89.1 Å². The van der Waals surface area contributed by atoms with E-state index in [9.17, 15) is 0 Å². The number of H-pyrrole nitrogens is 1. The molecule has 3 nitrogen and oxygen atoms in total. The zero-order valence-electron chi connectivity index (χ0n) is 8.03. The number of aromatic nitrogens is 2. The highest BCUT2D eigenvalue weighted by Gasteiger charge is 2.05. The Bertz CT molecular complexity index is 410. The highest BCUT2D eigenvalue weighted by Crippen LogP contribution is 2.15. The van der Waals surface area contributed by atoms with Crippen LogP contribution in [0.15, 0.2) is 24.4 Å². The second-order valence-electron chi connectivity index (χ2n) is 3.16. The maximum atomic E-state index is 5.88. The summed E-state index contributed by atoms with van der Waals surface area (Å²) in [6.07, 6.45) is 2.81. The molecule has 2 heterocycles. The fourth-order valence-corrected chi connectivity index (χ4v) is 1.37. The van der Waals surface area contributed by atoms with Gasteiger partial charge >= 0.3 is 0 Å². The molecule has 76 valence electrons. The summed E-state index contributed by atoms with van der Waals surface area (Å²) in [5.74, 6) is 0. The van der Waals surface area contributed by atoms with Gasteiger partial charge in [-0.1, -0.05) is 6.92 Å². The van der Waals surface area contributed by atoms with Gasteiger partial charge in [0.25, 0.3) is 0 Å². The van der Waals surface area contributed by atoms with E-state index in [0.717, 1.165) is 23.1 Å². The molecule has 0 unspecified atom stereocenters. The first-order valence-electron chi connectivity index (χ1n) is 4.51. The van der Waals surface area contributed by atoms with Crippen molar-refractivity contribution in [1.82, 2.24) is 9.97 Å². The van der Waals surface area contributed by atoms with Gasteiger partial charge < -0.3 is 10.7 Å². The fourth-order valence-electron chi connectivity index (χ4n) is 1.37. The van der Waals surface area contributed by atoms with Crippen LogP contribution in [0.2, 0.25) is 0 Å². The van der Waals surface area contributed by atoms with Crippen LogP contribution in [0.5, 0.6) is 0 Å². The topological polar surface area (TPSA) is 54.7 Å². The number of aromatic amines is 1. The summed E-state index contributed by atoms with van der Waals surface area (Å²) in [5.41, 5.74) is 8.90. The van der Waals surface area contributed by atoms with Crippen LogP contribution in [0.1, 0.15) is 25.1 Å². The molecule has 2 aromatic heterocycles.